The van der Waals surface area contributed by atoms with E-state index in [-0.39, 0.29) is 0 Å². The first-order valence-corrected chi connectivity index (χ1v) is 5.28. The van der Waals surface area contributed by atoms with Gasteiger partial charge in [0.25, 0.3) is 0 Å². The number of hydrogen-bond donors (Lipinski definition) is 1. The molecular formula is C12H16N2O2. The zero-order valence-corrected chi connectivity index (χ0v) is 9.56. The van der Waals surface area contributed by atoms with Crippen molar-refractivity contribution in [2.24, 2.45) is 4.99 Å². The molecule has 0 bridgehead atoms. The highest BCUT2D eigenvalue weighted by atomic mass is 16.5. The van der Waals surface area contributed by atoms with Crippen molar-refractivity contribution < 1.29 is 9.47 Å². The molecule has 4 heteroatoms. The van der Waals surface area contributed by atoms with Crippen LogP contribution in [0.4, 0.5) is 0 Å². The van der Waals surface area contributed by atoms with Gasteiger partial charge in [0.05, 0.1) is 33.1 Å². The van der Waals surface area contributed by atoms with Crippen LogP contribution in [0.1, 0.15) is 5.56 Å². The van der Waals surface area contributed by atoms with E-state index in [1.165, 1.54) is 5.56 Å². The van der Waals surface area contributed by atoms with Gasteiger partial charge in [-0.1, -0.05) is 6.07 Å². The monoisotopic (exact) mass is 220 g/mol. The summed E-state index contributed by atoms with van der Waals surface area (Å²) in [5, 5.41) is 3.21. The highest BCUT2D eigenvalue weighted by molar-refractivity contribution is 5.57. The van der Waals surface area contributed by atoms with Crippen molar-refractivity contribution in [1.29, 1.82) is 0 Å². The summed E-state index contributed by atoms with van der Waals surface area (Å²) in [6.45, 7) is 0.842. The predicted octanol–water partition coefficient (Wildman–Crippen LogP) is 1.25. The second-order valence-corrected chi connectivity index (χ2v) is 3.75. The van der Waals surface area contributed by atoms with Gasteiger partial charge in [-0.05, 0) is 24.1 Å². The number of hydrogen-bond acceptors (Lipinski definition) is 4. The van der Waals surface area contributed by atoms with Crippen molar-refractivity contribution in [3.05, 3.63) is 23.8 Å². The fourth-order valence-electron chi connectivity index (χ4n) is 1.81. The molecule has 0 aromatic heterocycles. The van der Waals surface area contributed by atoms with E-state index in [4.69, 9.17) is 9.47 Å². The molecule has 0 aliphatic carbocycles. The van der Waals surface area contributed by atoms with Crippen molar-refractivity contribution >= 4 is 6.34 Å². The third kappa shape index (κ3) is 2.27. The SMILES string of the molecule is COc1ccc(CC2CN=CN2)cc1OC. The molecular weight excluding hydrogens is 204 g/mol. The van der Waals surface area contributed by atoms with Gasteiger partial charge in [0.2, 0.25) is 0 Å². The average molecular weight is 220 g/mol. The number of aliphatic imine (C=N–C) groups is 1. The summed E-state index contributed by atoms with van der Waals surface area (Å²) in [6.07, 6.45) is 2.71. The molecule has 1 atom stereocenters. The smallest absolute Gasteiger partial charge is 0.160 e. The summed E-state index contributed by atoms with van der Waals surface area (Å²) in [5.41, 5.74) is 1.22. The van der Waals surface area contributed by atoms with E-state index in [2.05, 4.69) is 16.4 Å². The minimum Gasteiger partial charge on any atom is -0.493 e. The van der Waals surface area contributed by atoms with Crippen LogP contribution in [0.2, 0.25) is 0 Å². The van der Waals surface area contributed by atoms with Crippen LogP contribution in [-0.4, -0.2) is 33.1 Å². The Morgan fingerprint density at radius 2 is 2.12 bits per heavy atom. The van der Waals surface area contributed by atoms with Gasteiger partial charge in [-0.3, -0.25) is 4.99 Å². The molecule has 86 valence electrons. The van der Waals surface area contributed by atoms with E-state index < -0.39 is 0 Å². The Morgan fingerprint density at radius 1 is 1.31 bits per heavy atom. The van der Waals surface area contributed by atoms with Gasteiger partial charge in [-0.2, -0.15) is 0 Å². The van der Waals surface area contributed by atoms with Gasteiger partial charge in [-0.15, -0.1) is 0 Å². The van der Waals surface area contributed by atoms with Crippen LogP contribution in [0.3, 0.4) is 0 Å². The Labute approximate surface area is 95.3 Å². The fourth-order valence-corrected chi connectivity index (χ4v) is 1.81. The number of rotatable bonds is 4. The van der Waals surface area contributed by atoms with Gasteiger partial charge >= 0.3 is 0 Å². The summed E-state index contributed by atoms with van der Waals surface area (Å²) in [6, 6.07) is 6.41. The topological polar surface area (TPSA) is 42.8 Å². The zero-order valence-electron chi connectivity index (χ0n) is 9.56. The largest absolute Gasteiger partial charge is 0.493 e. The Morgan fingerprint density at radius 3 is 2.75 bits per heavy atom. The quantitative estimate of drug-likeness (QED) is 0.830. The van der Waals surface area contributed by atoms with Crippen molar-refractivity contribution in [3.63, 3.8) is 0 Å². The van der Waals surface area contributed by atoms with Crippen LogP contribution in [-0.2, 0) is 6.42 Å². The minimum atomic E-state index is 0.401. The standard InChI is InChI=1S/C12H16N2O2/c1-15-11-4-3-9(6-12(11)16-2)5-10-7-13-8-14-10/h3-4,6,8,10H,5,7H2,1-2H3,(H,13,14). The van der Waals surface area contributed by atoms with Gasteiger partial charge in [0.15, 0.2) is 11.5 Å². The van der Waals surface area contributed by atoms with Crippen LogP contribution >= 0.6 is 0 Å². The lowest BCUT2D eigenvalue weighted by atomic mass is 10.1. The molecule has 4 nitrogen and oxygen atoms in total. The van der Waals surface area contributed by atoms with Gasteiger partial charge in [0.1, 0.15) is 0 Å². The molecule has 0 amide bonds. The Kier molecular flexibility index (Phi) is 3.29. The van der Waals surface area contributed by atoms with E-state index in [0.29, 0.717) is 6.04 Å². The first-order valence-electron chi connectivity index (χ1n) is 5.28. The molecule has 2 rings (SSSR count). The molecule has 1 aliphatic rings. The number of nitrogens with one attached hydrogen (secondary N) is 1. The van der Waals surface area contributed by atoms with Gasteiger partial charge in [0, 0.05) is 0 Å². The second kappa shape index (κ2) is 4.88. The van der Waals surface area contributed by atoms with Crippen molar-refractivity contribution in [3.8, 4) is 11.5 Å². The van der Waals surface area contributed by atoms with Gasteiger partial charge < -0.3 is 14.8 Å². The summed E-state index contributed by atoms with van der Waals surface area (Å²) in [5.74, 6) is 1.54. The molecule has 1 unspecified atom stereocenters. The van der Waals surface area contributed by atoms with Crippen molar-refractivity contribution in [2.75, 3.05) is 20.8 Å². The summed E-state index contributed by atoms with van der Waals surface area (Å²) in [7, 11) is 3.29. The molecule has 1 N–H and O–H groups in total. The van der Waals surface area contributed by atoms with E-state index in [1.54, 1.807) is 20.6 Å². The summed E-state index contributed by atoms with van der Waals surface area (Å²) >= 11 is 0. The first-order chi connectivity index (χ1) is 7.83. The Bertz CT molecular complexity index is 383. The van der Waals surface area contributed by atoms with E-state index >= 15 is 0 Å². The van der Waals surface area contributed by atoms with Crippen LogP contribution in [0.25, 0.3) is 0 Å². The number of nitrogens with zero attached hydrogens (tertiary/aromatic N) is 1. The van der Waals surface area contributed by atoms with E-state index in [0.717, 1.165) is 24.5 Å². The molecule has 0 fully saturated rings. The maximum atomic E-state index is 5.26. The van der Waals surface area contributed by atoms with Crippen LogP contribution < -0.4 is 14.8 Å². The summed E-state index contributed by atoms with van der Waals surface area (Å²) < 4.78 is 10.5. The third-order valence-corrected chi connectivity index (χ3v) is 2.66. The maximum Gasteiger partial charge on any atom is 0.160 e. The van der Waals surface area contributed by atoms with Crippen molar-refractivity contribution in [1.82, 2.24) is 5.32 Å². The van der Waals surface area contributed by atoms with Gasteiger partial charge in [-0.25, -0.2) is 0 Å². The molecule has 1 heterocycles. The number of ether oxygens (including phenoxy) is 2. The normalized spacial score (nSPS) is 18.2. The zero-order chi connectivity index (χ0) is 11.4. The second-order valence-electron chi connectivity index (χ2n) is 3.75. The average Bonchev–Trinajstić information content (AvgIpc) is 2.81. The molecule has 0 saturated heterocycles. The highest BCUT2D eigenvalue weighted by Gasteiger charge is 2.12. The lowest BCUT2D eigenvalue weighted by molar-refractivity contribution is 0.354. The molecule has 16 heavy (non-hydrogen) atoms. The fraction of sp³-hybridized carbons (Fsp3) is 0.417. The first kappa shape index (κ1) is 10.8. The summed E-state index contributed by atoms with van der Waals surface area (Å²) in [4.78, 5) is 4.15. The van der Waals surface area contributed by atoms with Crippen LogP contribution in [0.15, 0.2) is 23.2 Å². The third-order valence-electron chi connectivity index (χ3n) is 2.66. The molecule has 0 radical (unpaired) electrons. The Hall–Kier alpha value is -1.71. The lowest BCUT2D eigenvalue weighted by Crippen LogP contribution is -2.26. The van der Waals surface area contributed by atoms with Crippen molar-refractivity contribution in [2.45, 2.75) is 12.5 Å². The lowest BCUT2D eigenvalue weighted by Gasteiger charge is -2.12. The molecule has 1 aromatic rings. The van der Waals surface area contributed by atoms with E-state index in [1.807, 2.05) is 12.1 Å². The van der Waals surface area contributed by atoms with Crippen LogP contribution in [0.5, 0.6) is 11.5 Å². The predicted molar refractivity (Wildman–Crippen MR) is 63.5 cm³/mol. The number of methoxy groups -OCH3 is 2. The minimum absolute atomic E-state index is 0.401. The molecule has 0 saturated carbocycles. The number of benzene rings is 1. The highest BCUT2D eigenvalue weighted by Crippen LogP contribution is 2.28. The van der Waals surface area contributed by atoms with Crippen LogP contribution in [0, 0.1) is 0 Å². The molecule has 1 aromatic carbocycles. The maximum absolute atomic E-state index is 5.26. The molecule has 1 aliphatic heterocycles. The molecule has 0 spiro atoms. The Balaban J connectivity index is 2.09. The van der Waals surface area contributed by atoms with E-state index in [9.17, 15) is 0 Å².